The van der Waals surface area contributed by atoms with Crippen LogP contribution >= 0.6 is 23.2 Å². The molecule has 3 rings (SSSR count). The zero-order chi connectivity index (χ0) is 25.8. The zero-order valence-electron chi connectivity index (χ0n) is 20.5. The van der Waals surface area contributed by atoms with E-state index < -0.39 is 6.04 Å². The average molecular weight is 527 g/mol. The van der Waals surface area contributed by atoms with Crippen LogP contribution in [0.15, 0.2) is 78.9 Å². The number of hydrogen-bond acceptors (Lipinski definition) is 3. The number of amides is 2. The van der Waals surface area contributed by atoms with Crippen molar-refractivity contribution in [2.75, 3.05) is 13.2 Å². The van der Waals surface area contributed by atoms with Gasteiger partial charge in [0.2, 0.25) is 5.91 Å². The smallest absolute Gasteiger partial charge is 0.261 e. The molecule has 0 spiro atoms. The van der Waals surface area contributed by atoms with Crippen molar-refractivity contribution in [3.05, 3.63) is 100 Å². The fourth-order valence-electron chi connectivity index (χ4n) is 3.83. The van der Waals surface area contributed by atoms with Gasteiger partial charge in [0.1, 0.15) is 11.8 Å². The molecule has 0 aliphatic rings. The topological polar surface area (TPSA) is 58.6 Å². The highest BCUT2D eigenvalue weighted by atomic mass is 35.5. The summed E-state index contributed by atoms with van der Waals surface area (Å²) < 4.78 is 5.75. The van der Waals surface area contributed by atoms with Crippen LogP contribution in [-0.4, -0.2) is 35.9 Å². The van der Waals surface area contributed by atoms with Gasteiger partial charge in [-0.05, 0) is 41.8 Å². The maximum absolute atomic E-state index is 13.6. The highest BCUT2D eigenvalue weighted by Gasteiger charge is 2.30. The molecule has 0 aliphatic heterocycles. The molecular weight excluding hydrogens is 495 g/mol. The second-order valence-electron chi connectivity index (χ2n) is 8.57. The summed E-state index contributed by atoms with van der Waals surface area (Å²) in [6.45, 7) is 2.68. The Balaban J connectivity index is 1.87. The summed E-state index contributed by atoms with van der Waals surface area (Å²) in [6, 6.07) is 23.3. The van der Waals surface area contributed by atoms with Gasteiger partial charge in [-0.1, -0.05) is 97.6 Å². The molecule has 190 valence electrons. The third-order valence-electron chi connectivity index (χ3n) is 5.80. The number of para-hydroxylation sites is 1. The van der Waals surface area contributed by atoms with E-state index in [1.54, 1.807) is 41.3 Å². The van der Waals surface area contributed by atoms with Crippen LogP contribution in [0.5, 0.6) is 5.75 Å². The van der Waals surface area contributed by atoms with E-state index in [2.05, 4.69) is 12.2 Å². The van der Waals surface area contributed by atoms with E-state index in [0.29, 0.717) is 28.8 Å². The van der Waals surface area contributed by atoms with Crippen LogP contribution in [0.3, 0.4) is 0 Å². The number of nitrogens with one attached hydrogen (secondary N) is 1. The molecule has 0 aliphatic carbocycles. The van der Waals surface area contributed by atoms with Gasteiger partial charge < -0.3 is 15.0 Å². The summed E-state index contributed by atoms with van der Waals surface area (Å²) in [5, 5.41) is 4.06. The van der Waals surface area contributed by atoms with Crippen molar-refractivity contribution < 1.29 is 14.3 Å². The molecule has 2 amide bonds. The van der Waals surface area contributed by atoms with Crippen molar-refractivity contribution >= 4 is 35.0 Å². The maximum Gasteiger partial charge on any atom is 0.261 e. The Hall–Kier alpha value is -3.02. The number of halogens is 2. The van der Waals surface area contributed by atoms with Crippen LogP contribution in [-0.2, 0) is 22.6 Å². The minimum atomic E-state index is -0.716. The second kappa shape index (κ2) is 14.5. The predicted octanol–water partition coefficient (Wildman–Crippen LogP) is 6.32. The van der Waals surface area contributed by atoms with Crippen LogP contribution in [0.2, 0.25) is 10.0 Å². The van der Waals surface area contributed by atoms with E-state index in [1.165, 1.54) is 0 Å². The molecular formula is C29H32Cl2N2O3. The van der Waals surface area contributed by atoms with Crippen molar-refractivity contribution in [3.8, 4) is 5.75 Å². The van der Waals surface area contributed by atoms with Gasteiger partial charge in [-0.25, -0.2) is 0 Å². The number of unbranched alkanes of at least 4 members (excludes halogenated alkanes) is 2. The van der Waals surface area contributed by atoms with Gasteiger partial charge >= 0.3 is 0 Å². The van der Waals surface area contributed by atoms with E-state index in [0.717, 1.165) is 30.4 Å². The molecule has 0 saturated heterocycles. The largest absolute Gasteiger partial charge is 0.482 e. The van der Waals surface area contributed by atoms with E-state index in [-0.39, 0.29) is 25.0 Å². The number of carbonyl (C=O) groups is 2. The van der Waals surface area contributed by atoms with E-state index in [9.17, 15) is 9.59 Å². The Morgan fingerprint density at radius 2 is 1.58 bits per heavy atom. The summed E-state index contributed by atoms with van der Waals surface area (Å²) in [6.07, 6.45) is 3.36. The fraction of sp³-hybridized carbons (Fsp3) is 0.310. The number of hydrogen-bond donors (Lipinski definition) is 1. The Kier molecular flexibility index (Phi) is 11.1. The van der Waals surface area contributed by atoms with E-state index >= 15 is 0 Å². The molecule has 0 unspecified atom stereocenters. The second-order valence-corrected chi connectivity index (χ2v) is 9.41. The molecule has 0 heterocycles. The lowest BCUT2D eigenvalue weighted by Crippen LogP contribution is -2.51. The van der Waals surface area contributed by atoms with Crippen molar-refractivity contribution in [1.29, 1.82) is 0 Å². The Bertz CT molecular complexity index is 1110. The lowest BCUT2D eigenvalue weighted by Gasteiger charge is -2.31. The molecule has 0 bridgehead atoms. The number of rotatable bonds is 13. The van der Waals surface area contributed by atoms with Gasteiger partial charge in [0.25, 0.3) is 5.91 Å². The van der Waals surface area contributed by atoms with E-state index in [1.807, 2.05) is 42.5 Å². The van der Waals surface area contributed by atoms with Crippen LogP contribution < -0.4 is 10.1 Å². The molecule has 0 saturated carbocycles. The summed E-state index contributed by atoms with van der Waals surface area (Å²) in [5.74, 6) is -0.0768. The van der Waals surface area contributed by atoms with Gasteiger partial charge in [-0.2, -0.15) is 0 Å². The molecule has 1 N–H and O–H groups in total. The third-order valence-corrected chi connectivity index (χ3v) is 6.37. The first kappa shape index (κ1) is 27.6. The van der Waals surface area contributed by atoms with Crippen molar-refractivity contribution in [3.63, 3.8) is 0 Å². The number of ether oxygens (including phenoxy) is 1. The highest BCUT2D eigenvalue weighted by molar-refractivity contribution is 6.32. The number of nitrogens with zero attached hydrogens (tertiary/aromatic N) is 1. The monoisotopic (exact) mass is 526 g/mol. The van der Waals surface area contributed by atoms with Gasteiger partial charge in [0.15, 0.2) is 6.61 Å². The van der Waals surface area contributed by atoms with Crippen LogP contribution in [0.25, 0.3) is 0 Å². The maximum atomic E-state index is 13.6. The Morgan fingerprint density at radius 3 is 2.28 bits per heavy atom. The molecule has 0 aromatic heterocycles. The van der Waals surface area contributed by atoms with Gasteiger partial charge in [-0.3, -0.25) is 9.59 Å². The molecule has 1 atom stereocenters. The first-order valence-corrected chi connectivity index (χ1v) is 13.0. The fourth-order valence-corrected chi connectivity index (χ4v) is 4.15. The lowest BCUT2D eigenvalue weighted by molar-refractivity contribution is -0.142. The van der Waals surface area contributed by atoms with Gasteiger partial charge in [-0.15, -0.1) is 0 Å². The molecule has 3 aromatic carbocycles. The minimum Gasteiger partial charge on any atom is -0.482 e. The van der Waals surface area contributed by atoms with Crippen LogP contribution in [0, 0.1) is 0 Å². The van der Waals surface area contributed by atoms with Gasteiger partial charge in [0.05, 0.1) is 5.02 Å². The molecule has 7 heteroatoms. The van der Waals surface area contributed by atoms with Crippen molar-refractivity contribution in [2.45, 2.75) is 45.2 Å². The lowest BCUT2D eigenvalue weighted by atomic mass is 10.0. The predicted molar refractivity (Wildman–Crippen MR) is 145 cm³/mol. The summed E-state index contributed by atoms with van der Waals surface area (Å²) in [5.41, 5.74) is 1.83. The standard InChI is InChI=1S/C29H32Cl2N2O3/c1-2-3-9-18-32-29(35)26(19-22-10-5-4-6-11-22)33(20-23-14-16-24(30)17-15-23)28(34)21-36-27-13-8-7-12-25(27)31/h4-8,10-17,26H,2-3,9,18-21H2,1H3,(H,32,35)/t26-/m1/s1. The first-order chi connectivity index (χ1) is 17.5. The molecule has 5 nitrogen and oxygen atoms in total. The molecule has 3 aromatic rings. The molecule has 36 heavy (non-hydrogen) atoms. The van der Waals surface area contributed by atoms with Crippen LogP contribution in [0.1, 0.15) is 37.3 Å². The SMILES string of the molecule is CCCCCNC(=O)[C@@H](Cc1ccccc1)N(Cc1ccc(Cl)cc1)C(=O)COc1ccccc1Cl. The van der Waals surface area contributed by atoms with Crippen molar-refractivity contribution in [1.82, 2.24) is 10.2 Å². The number of carbonyl (C=O) groups excluding carboxylic acids is 2. The van der Waals surface area contributed by atoms with Gasteiger partial charge in [0, 0.05) is 24.5 Å². The molecule has 0 fully saturated rings. The quantitative estimate of drug-likeness (QED) is 0.265. The van der Waals surface area contributed by atoms with Crippen LogP contribution in [0.4, 0.5) is 0 Å². The zero-order valence-corrected chi connectivity index (χ0v) is 22.0. The van der Waals surface area contributed by atoms with Crippen molar-refractivity contribution in [2.24, 2.45) is 0 Å². The summed E-state index contributed by atoms with van der Waals surface area (Å²) in [4.78, 5) is 28.6. The first-order valence-electron chi connectivity index (χ1n) is 12.2. The Labute approximate surface area is 223 Å². The minimum absolute atomic E-state index is 0.185. The molecule has 0 radical (unpaired) electrons. The number of benzene rings is 3. The third kappa shape index (κ3) is 8.58. The summed E-state index contributed by atoms with van der Waals surface area (Å²) >= 11 is 12.3. The average Bonchev–Trinajstić information content (AvgIpc) is 2.89. The highest BCUT2D eigenvalue weighted by Crippen LogP contribution is 2.23. The van der Waals surface area contributed by atoms with E-state index in [4.69, 9.17) is 27.9 Å². The normalized spacial score (nSPS) is 11.5. The Morgan fingerprint density at radius 1 is 0.889 bits per heavy atom. The summed E-state index contributed by atoms with van der Waals surface area (Å²) in [7, 11) is 0.